The zero-order valence-corrected chi connectivity index (χ0v) is 17.4. The number of fused-ring (bicyclic) bond motifs is 1. The first-order valence-electron chi connectivity index (χ1n) is 9.25. The van der Waals surface area contributed by atoms with Crippen molar-refractivity contribution < 1.29 is 23.8 Å². The molecule has 0 saturated carbocycles. The van der Waals surface area contributed by atoms with Crippen LogP contribution in [0.2, 0.25) is 0 Å². The van der Waals surface area contributed by atoms with Crippen LogP contribution in [0.25, 0.3) is 6.08 Å². The van der Waals surface area contributed by atoms with Gasteiger partial charge in [-0.1, -0.05) is 64.5 Å². The van der Waals surface area contributed by atoms with Gasteiger partial charge in [-0.15, -0.1) is 0 Å². The van der Waals surface area contributed by atoms with Crippen LogP contribution in [0, 0.1) is 0 Å². The number of hydrogen-bond donors (Lipinski definition) is 0. The van der Waals surface area contributed by atoms with Crippen LogP contribution < -0.4 is 9.47 Å². The molecule has 6 heteroatoms. The van der Waals surface area contributed by atoms with E-state index in [1.807, 2.05) is 54.6 Å². The third-order valence-electron chi connectivity index (χ3n) is 4.43. The molecule has 0 fully saturated rings. The summed E-state index contributed by atoms with van der Waals surface area (Å²) in [6.45, 7) is -0.0484. The minimum absolute atomic E-state index is 0.189. The van der Waals surface area contributed by atoms with Crippen LogP contribution in [-0.4, -0.2) is 18.4 Å². The molecule has 0 saturated heterocycles. The molecule has 1 heterocycles. The van der Waals surface area contributed by atoms with Crippen LogP contribution in [0.5, 0.6) is 11.5 Å². The Bertz CT molecular complexity index is 1120. The summed E-state index contributed by atoms with van der Waals surface area (Å²) in [4.78, 5) is 24.5. The van der Waals surface area contributed by atoms with E-state index in [1.165, 1.54) is 0 Å². The molecule has 0 unspecified atom stereocenters. The summed E-state index contributed by atoms with van der Waals surface area (Å²) >= 11 is 3.46. The Kier molecular flexibility index (Phi) is 5.95. The largest absolute Gasteiger partial charge is 0.482 e. The number of halogens is 1. The number of Topliss-reactive ketones (excluding diaryl/α,β-unsaturated/α-hetero) is 1. The van der Waals surface area contributed by atoms with Gasteiger partial charge in [0.15, 0.2) is 12.4 Å². The zero-order chi connectivity index (χ0) is 20.9. The Morgan fingerprint density at radius 1 is 1.00 bits per heavy atom. The van der Waals surface area contributed by atoms with Crippen molar-refractivity contribution in [1.29, 1.82) is 0 Å². The molecule has 0 amide bonds. The minimum atomic E-state index is -0.481. The van der Waals surface area contributed by atoms with Crippen molar-refractivity contribution in [3.63, 3.8) is 0 Å². The van der Waals surface area contributed by atoms with Crippen molar-refractivity contribution in [2.45, 2.75) is 6.61 Å². The van der Waals surface area contributed by atoms with Gasteiger partial charge in [-0.25, -0.2) is 4.79 Å². The Hall–Kier alpha value is -3.38. The number of ether oxygens (including phenoxy) is 3. The second-order valence-electron chi connectivity index (χ2n) is 6.55. The van der Waals surface area contributed by atoms with Gasteiger partial charge in [0.1, 0.15) is 18.1 Å². The Morgan fingerprint density at radius 3 is 2.57 bits per heavy atom. The van der Waals surface area contributed by atoms with Crippen molar-refractivity contribution in [3.8, 4) is 11.5 Å². The molecule has 1 aliphatic heterocycles. The molecule has 0 bridgehead atoms. The Balaban J connectivity index is 1.38. The van der Waals surface area contributed by atoms with E-state index >= 15 is 0 Å². The number of rotatable bonds is 6. The van der Waals surface area contributed by atoms with Crippen LogP contribution in [0.3, 0.4) is 0 Å². The fraction of sp³-hybridized carbons (Fsp3) is 0.0833. The van der Waals surface area contributed by atoms with E-state index < -0.39 is 5.97 Å². The van der Waals surface area contributed by atoms with Crippen molar-refractivity contribution in [3.05, 3.63) is 99.7 Å². The SMILES string of the molecule is O=C(COc1ccc2c(c1)O/C(=C\c1ccccc1Br)C2=O)OCc1ccccc1. The van der Waals surface area contributed by atoms with Gasteiger partial charge < -0.3 is 14.2 Å². The third-order valence-corrected chi connectivity index (χ3v) is 5.15. The molecular weight excluding hydrogens is 448 g/mol. The average Bonchev–Trinajstić information content (AvgIpc) is 3.08. The predicted octanol–water partition coefficient (Wildman–Crippen LogP) is 5.19. The highest BCUT2D eigenvalue weighted by molar-refractivity contribution is 9.10. The lowest BCUT2D eigenvalue weighted by atomic mass is 10.1. The zero-order valence-electron chi connectivity index (χ0n) is 15.8. The van der Waals surface area contributed by atoms with E-state index in [4.69, 9.17) is 14.2 Å². The first-order valence-corrected chi connectivity index (χ1v) is 10.0. The number of allylic oxidation sites excluding steroid dienone is 1. The van der Waals surface area contributed by atoms with Crippen LogP contribution in [-0.2, 0) is 16.1 Å². The number of benzene rings is 3. The highest BCUT2D eigenvalue weighted by Gasteiger charge is 2.28. The maximum absolute atomic E-state index is 12.6. The smallest absolute Gasteiger partial charge is 0.344 e. The van der Waals surface area contributed by atoms with E-state index in [-0.39, 0.29) is 24.8 Å². The number of esters is 1. The quantitative estimate of drug-likeness (QED) is 0.371. The number of carbonyl (C=O) groups excluding carboxylic acids is 2. The summed E-state index contributed by atoms with van der Waals surface area (Å²) in [5.74, 6) is 0.366. The van der Waals surface area contributed by atoms with Gasteiger partial charge in [-0.05, 0) is 35.4 Å². The number of ketones is 1. The van der Waals surface area contributed by atoms with Crippen LogP contribution >= 0.6 is 15.9 Å². The second kappa shape index (κ2) is 8.97. The molecule has 150 valence electrons. The van der Waals surface area contributed by atoms with Crippen molar-refractivity contribution in [2.24, 2.45) is 0 Å². The summed E-state index contributed by atoms with van der Waals surface area (Å²) < 4.78 is 17.3. The molecule has 0 radical (unpaired) electrons. The maximum atomic E-state index is 12.6. The number of hydrogen-bond acceptors (Lipinski definition) is 5. The summed E-state index contributed by atoms with van der Waals surface area (Å²) in [7, 11) is 0. The highest BCUT2D eigenvalue weighted by Crippen LogP contribution is 2.35. The first-order chi connectivity index (χ1) is 14.6. The number of carbonyl (C=O) groups is 2. The van der Waals surface area contributed by atoms with Crippen LogP contribution in [0.1, 0.15) is 21.5 Å². The Labute approximate surface area is 182 Å². The molecule has 0 atom stereocenters. The van der Waals surface area contributed by atoms with Crippen molar-refractivity contribution >= 4 is 33.8 Å². The average molecular weight is 465 g/mol. The summed E-state index contributed by atoms with van der Waals surface area (Å²) in [6.07, 6.45) is 1.69. The fourth-order valence-electron chi connectivity index (χ4n) is 2.91. The molecule has 0 aromatic heterocycles. The summed E-state index contributed by atoms with van der Waals surface area (Å²) in [5.41, 5.74) is 2.19. The molecule has 30 heavy (non-hydrogen) atoms. The van der Waals surface area contributed by atoms with Gasteiger partial charge in [0, 0.05) is 10.5 Å². The van der Waals surface area contributed by atoms with E-state index in [2.05, 4.69) is 15.9 Å². The van der Waals surface area contributed by atoms with E-state index in [0.29, 0.717) is 17.1 Å². The van der Waals surface area contributed by atoms with E-state index in [9.17, 15) is 9.59 Å². The molecular formula is C24H17BrO5. The fourth-order valence-corrected chi connectivity index (χ4v) is 3.31. The highest BCUT2D eigenvalue weighted by atomic mass is 79.9. The molecule has 1 aliphatic rings. The molecule has 3 aromatic carbocycles. The standard InChI is InChI=1S/C24H17BrO5/c25-20-9-5-4-8-17(20)12-22-24(27)19-11-10-18(13-21(19)30-22)28-15-23(26)29-14-16-6-2-1-3-7-16/h1-13H,14-15H2/b22-12-. The maximum Gasteiger partial charge on any atom is 0.344 e. The first kappa shape index (κ1) is 19.9. The van der Waals surface area contributed by atoms with Gasteiger partial charge >= 0.3 is 5.97 Å². The van der Waals surface area contributed by atoms with Crippen molar-refractivity contribution in [1.82, 2.24) is 0 Å². The minimum Gasteiger partial charge on any atom is -0.482 e. The third kappa shape index (κ3) is 4.60. The lowest BCUT2D eigenvalue weighted by Crippen LogP contribution is -2.14. The lowest BCUT2D eigenvalue weighted by Gasteiger charge is -2.08. The molecule has 0 aliphatic carbocycles. The monoisotopic (exact) mass is 464 g/mol. The molecule has 5 nitrogen and oxygen atoms in total. The van der Waals surface area contributed by atoms with Gasteiger partial charge in [0.05, 0.1) is 5.56 Å². The predicted molar refractivity (Wildman–Crippen MR) is 115 cm³/mol. The lowest BCUT2D eigenvalue weighted by molar-refractivity contribution is -0.147. The second-order valence-corrected chi connectivity index (χ2v) is 7.41. The molecule has 4 rings (SSSR count). The van der Waals surface area contributed by atoms with Gasteiger partial charge in [-0.3, -0.25) is 4.79 Å². The normalized spacial score (nSPS) is 13.6. The van der Waals surface area contributed by atoms with Crippen LogP contribution in [0.15, 0.2) is 83.0 Å². The summed E-state index contributed by atoms with van der Waals surface area (Å²) in [5, 5.41) is 0. The van der Waals surface area contributed by atoms with E-state index in [1.54, 1.807) is 24.3 Å². The van der Waals surface area contributed by atoms with Crippen molar-refractivity contribution in [2.75, 3.05) is 6.61 Å². The van der Waals surface area contributed by atoms with Crippen LogP contribution in [0.4, 0.5) is 0 Å². The van der Waals surface area contributed by atoms with E-state index in [0.717, 1.165) is 15.6 Å². The molecule has 0 N–H and O–H groups in total. The topological polar surface area (TPSA) is 61.8 Å². The van der Waals surface area contributed by atoms with Gasteiger partial charge in [0.2, 0.25) is 5.78 Å². The molecule has 0 spiro atoms. The Morgan fingerprint density at radius 2 is 1.77 bits per heavy atom. The molecule has 3 aromatic rings. The van der Waals surface area contributed by atoms with Gasteiger partial charge in [-0.2, -0.15) is 0 Å². The van der Waals surface area contributed by atoms with Gasteiger partial charge in [0.25, 0.3) is 0 Å². The summed E-state index contributed by atoms with van der Waals surface area (Å²) in [6, 6.07) is 21.8.